The Morgan fingerprint density at radius 3 is 2.31 bits per heavy atom. The van der Waals surface area contributed by atoms with Crippen LogP contribution in [0.5, 0.6) is 0 Å². The van der Waals surface area contributed by atoms with E-state index in [4.69, 9.17) is 0 Å². The molecule has 0 spiro atoms. The second-order valence-electron chi connectivity index (χ2n) is 7.42. The molecule has 0 radical (unpaired) electrons. The van der Waals surface area contributed by atoms with Gasteiger partial charge in [0.15, 0.2) is 5.16 Å². The quantitative estimate of drug-likeness (QED) is 0.330. The maximum Gasteiger partial charge on any atom is 0.230 e. The third-order valence-electron chi connectivity index (χ3n) is 5.08. The Morgan fingerprint density at radius 2 is 1.62 bits per heavy atom. The summed E-state index contributed by atoms with van der Waals surface area (Å²) in [5.41, 5.74) is 2.50. The standard InChI is InChI=1S/C25H26N4OS2/c30-24(26-15-13-20-8-3-1-4-9-20)19-32-25-28-27-23(18-22-12-7-17-31-22)29(25)16-14-21-10-5-2-6-11-21/h1-12,17H,13-16,18-19H2,(H,26,30). The molecule has 7 heteroatoms. The SMILES string of the molecule is O=C(CSc1nnc(Cc2cccs2)n1CCc1ccccc1)NCCc1ccccc1. The first-order valence-corrected chi connectivity index (χ1v) is 12.6. The van der Waals surface area contributed by atoms with Crippen molar-refractivity contribution in [1.29, 1.82) is 0 Å². The van der Waals surface area contributed by atoms with Gasteiger partial charge in [-0.2, -0.15) is 0 Å². The van der Waals surface area contributed by atoms with Crippen LogP contribution in [0.1, 0.15) is 21.8 Å². The van der Waals surface area contributed by atoms with Gasteiger partial charge < -0.3 is 9.88 Å². The summed E-state index contributed by atoms with van der Waals surface area (Å²) >= 11 is 3.17. The van der Waals surface area contributed by atoms with Gasteiger partial charge in [-0.3, -0.25) is 4.79 Å². The van der Waals surface area contributed by atoms with E-state index in [-0.39, 0.29) is 5.91 Å². The number of thiophene rings is 1. The van der Waals surface area contributed by atoms with Crippen LogP contribution in [0.15, 0.2) is 83.3 Å². The minimum Gasteiger partial charge on any atom is -0.355 e. The summed E-state index contributed by atoms with van der Waals surface area (Å²) in [4.78, 5) is 13.6. The van der Waals surface area contributed by atoms with Gasteiger partial charge in [0.05, 0.1) is 5.75 Å². The maximum absolute atomic E-state index is 12.4. The molecule has 1 amide bonds. The van der Waals surface area contributed by atoms with Crippen LogP contribution in [-0.4, -0.2) is 33.0 Å². The van der Waals surface area contributed by atoms with Crippen molar-refractivity contribution in [1.82, 2.24) is 20.1 Å². The fourth-order valence-corrected chi connectivity index (χ4v) is 4.92. The normalized spacial score (nSPS) is 10.9. The number of rotatable bonds is 11. The lowest BCUT2D eigenvalue weighted by molar-refractivity contribution is -0.118. The van der Waals surface area contributed by atoms with Gasteiger partial charge in [-0.25, -0.2) is 0 Å². The predicted molar refractivity (Wildman–Crippen MR) is 131 cm³/mol. The summed E-state index contributed by atoms with van der Waals surface area (Å²) in [7, 11) is 0. The Kier molecular flexibility index (Phi) is 8.11. The van der Waals surface area contributed by atoms with Crippen molar-refractivity contribution in [3.63, 3.8) is 0 Å². The number of carbonyl (C=O) groups is 1. The minimum absolute atomic E-state index is 0.0170. The van der Waals surface area contributed by atoms with E-state index >= 15 is 0 Å². The molecule has 4 rings (SSSR count). The number of carbonyl (C=O) groups excluding carboxylic acids is 1. The molecular weight excluding hydrogens is 436 g/mol. The fraction of sp³-hybridized carbons (Fsp3) is 0.240. The predicted octanol–water partition coefficient (Wildman–Crippen LogP) is 4.62. The van der Waals surface area contributed by atoms with Crippen LogP contribution in [0.25, 0.3) is 0 Å². The van der Waals surface area contributed by atoms with Gasteiger partial charge in [-0.05, 0) is 35.4 Å². The van der Waals surface area contributed by atoms with Crippen molar-refractivity contribution in [3.8, 4) is 0 Å². The van der Waals surface area contributed by atoms with Crippen LogP contribution in [-0.2, 0) is 30.6 Å². The summed E-state index contributed by atoms with van der Waals surface area (Å²) in [6.45, 7) is 1.42. The summed E-state index contributed by atoms with van der Waals surface area (Å²) in [6.07, 6.45) is 2.48. The molecule has 0 unspecified atom stereocenters. The Labute approximate surface area is 196 Å². The van der Waals surface area contributed by atoms with Crippen LogP contribution in [0.4, 0.5) is 0 Å². The van der Waals surface area contributed by atoms with Crippen molar-refractivity contribution in [2.75, 3.05) is 12.3 Å². The molecule has 0 aliphatic heterocycles. The zero-order valence-electron chi connectivity index (χ0n) is 17.8. The average molecular weight is 463 g/mol. The zero-order valence-corrected chi connectivity index (χ0v) is 19.4. The number of nitrogens with zero attached hydrogens (tertiary/aromatic N) is 3. The Hall–Kier alpha value is -2.90. The second-order valence-corrected chi connectivity index (χ2v) is 9.39. The number of nitrogens with one attached hydrogen (secondary N) is 1. The monoisotopic (exact) mass is 462 g/mol. The van der Waals surface area contributed by atoms with Crippen molar-refractivity contribution >= 4 is 29.0 Å². The van der Waals surface area contributed by atoms with E-state index in [1.807, 2.05) is 24.3 Å². The van der Waals surface area contributed by atoms with Gasteiger partial charge in [0.25, 0.3) is 0 Å². The minimum atomic E-state index is 0.0170. The molecule has 1 N–H and O–H groups in total. The number of hydrogen-bond acceptors (Lipinski definition) is 5. The molecule has 164 valence electrons. The molecule has 0 saturated heterocycles. The lowest BCUT2D eigenvalue weighted by Gasteiger charge is -2.10. The van der Waals surface area contributed by atoms with Crippen LogP contribution >= 0.6 is 23.1 Å². The van der Waals surface area contributed by atoms with Crippen molar-refractivity contribution in [2.24, 2.45) is 0 Å². The summed E-state index contributed by atoms with van der Waals surface area (Å²) in [5, 5.41) is 14.7. The molecule has 0 bridgehead atoms. The van der Waals surface area contributed by atoms with Crippen molar-refractivity contribution in [3.05, 3.63) is 100 Å². The highest BCUT2D eigenvalue weighted by atomic mass is 32.2. The molecule has 0 fully saturated rings. The highest BCUT2D eigenvalue weighted by molar-refractivity contribution is 7.99. The molecule has 2 heterocycles. The molecule has 0 aliphatic rings. The van der Waals surface area contributed by atoms with E-state index in [2.05, 4.69) is 74.0 Å². The number of benzene rings is 2. The Balaban J connectivity index is 1.35. The van der Waals surface area contributed by atoms with Gasteiger partial charge in [0.1, 0.15) is 5.82 Å². The highest BCUT2D eigenvalue weighted by Crippen LogP contribution is 2.21. The molecule has 0 aliphatic carbocycles. The molecule has 32 heavy (non-hydrogen) atoms. The van der Waals surface area contributed by atoms with Gasteiger partial charge in [0.2, 0.25) is 5.91 Å². The first kappa shape index (κ1) is 22.3. The van der Waals surface area contributed by atoms with E-state index in [0.29, 0.717) is 12.3 Å². The summed E-state index contributed by atoms with van der Waals surface area (Å²) in [5.74, 6) is 1.29. The topological polar surface area (TPSA) is 59.8 Å². The van der Waals surface area contributed by atoms with Crippen LogP contribution in [0, 0.1) is 0 Å². The van der Waals surface area contributed by atoms with E-state index in [9.17, 15) is 4.79 Å². The molecule has 2 aromatic heterocycles. The van der Waals surface area contributed by atoms with Crippen molar-refractivity contribution < 1.29 is 4.79 Å². The molecular formula is C25H26N4OS2. The molecule has 0 atom stereocenters. The van der Waals surface area contributed by atoms with Crippen LogP contribution < -0.4 is 5.32 Å². The molecule has 5 nitrogen and oxygen atoms in total. The molecule has 2 aromatic carbocycles. The van der Waals surface area contributed by atoms with Gasteiger partial charge in [0, 0.05) is 24.4 Å². The smallest absolute Gasteiger partial charge is 0.230 e. The fourth-order valence-electron chi connectivity index (χ4n) is 3.41. The van der Waals surface area contributed by atoms with E-state index in [0.717, 1.165) is 36.8 Å². The number of aryl methyl sites for hydroxylation is 1. The lowest BCUT2D eigenvalue weighted by Crippen LogP contribution is -2.27. The Bertz CT molecular complexity index is 1100. The highest BCUT2D eigenvalue weighted by Gasteiger charge is 2.15. The van der Waals surface area contributed by atoms with Crippen molar-refractivity contribution in [2.45, 2.75) is 31.0 Å². The first-order valence-electron chi connectivity index (χ1n) is 10.7. The second kappa shape index (κ2) is 11.6. The number of thioether (sulfide) groups is 1. The third-order valence-corrected chi connectivity index (χ3v) is 6.93. The summed E-state index contributed by atoms with van der Waals surface area (Å²) < 4.78 is 2.16. The number of aromatic nitrogens is 3. The molecule has 4 aromatic rings. The summed E-state index contributed by atoms with van der Waals surface area (Å²) in [6, 6.07) is 24.8. The van der Waals surface area contributed by atoms with E-state index in [1.54, 1.807) is 11.3 Å². The van der Waals surface area contributed by atoms with Gasteiger partial charge in [-0.1, -0.05) is 78.5 Å². The number of hydrogen-bond donors (Lipinski definition) is 1. The Morgan fingerprint density at radius 1 is 0.906 bits per heavy atom. The lowest BCUT2D eigenvalue weighted by atomic mass is 10.1. The van der Waals surface area contributed by atoms with Gasteiger partial charge in [-0.15, -0.1) is 21.5 Å². The number of amides is 1. The average Bonchev–Trinajstić information content (AvgIpc) is 3.48. The van der Waals surface area contributed by atoms with E-state index < -0.39 is 0 Å². The third kappa shape index (κ3) is 6.55. The first-order chi connectivity index (χ1) is 15.8. The van der Waals surface area contributed by atoms with E-state index in [1.165, 1.54) is 27.8 Å². The van der Waals surface area contributed by atoms with Crippen LogP contribution in [0.2, 0.25) is 0 Å². The van der Waals surface area contributed by atoms with Gasteiger partial charge >= 0.3 is 0 Å². The maximum atomic E-state index is 12.4. The zero-order chi connectivity index (χ0) is 22.0. The molecule has 0 saturated carbocycles. The largest absolute Gasteiger partial charge is 0.355 e. The van der Waals surface area contributed by atoms with Crippen LogP contribution in [0.3, 0.4) is 0 Å².